The van der Waals surface area contributed by atoms with Crippen molar-refractivity contribution in [3.63, 3.8) is 0 Å². The fourth-order valence-corrected chi connectivity index (χ4v) is 4.26. The van der Waals surface area contributed by atoms with Gasteiger partial charge in [-0.3, -0.25) is 0 Å². The molecule has 0 bridgehead atoms. The van der Waals surface area contributed by atoms with Gasteiger partial charge in [0.15, 0.2) is 0 Å². The lowest BCUT2D eigenvalue weighted by atomic mass is 9.99. The molecule has 188 valence electrons. The summed E-state index contributed by atoms with van der Waals surface area (Å²) >= 11 is 0. The molecule has 0 unspecified atom stereocenters. The molecule has 0 amide bonds. The molecule has 1 heterocycles. The predicted octanol–water partition coefficient (Wildman–Crippen LogP) is 6.06. The van der Waals surface area contributed by atoms with E-state index in [4.69, 9.17) is 19.6 Å². The van der Waals surface area contributed by atoms with Crippen LogP contribution in [0, 0.1) is 0 Å². The molecule has 1 N–H and O–H groups in total. The number of methoxy groups -OCH3 is 2. The van der Waals surface area contributed by atoms with Crippen molar-refractivity contribution in [2.45, 2.75) is 71.1 Å². The first-order valence-electron chi connectivity index (χ1n) is 12.4. The van der Waals surface area contributed by atoms with Crippen LogP contribution in [0.4, 0.5) is 0 Å². The van der Waals surface area contributed by atoms with Crippen molar-refractivity contribution in [1.29, 1.82) is 0 Å². The van der Waals surface area contributed by atoms with Crippen molar-refractivity contribution < 1.29 is 19.4 Å². The molecule has 0 spiro atoms. The molecular formula is C28H37N3O4. The number of aryl methyl sites for hydroxylation is 1. The summed E-state index contributed by atoms with van der Waals surface area (Å²) in [6.07, 6.45) is 6.80. The zero-order valence-electron chi connectivity index (χ0n) is 21.3. The number of hydrogen-bond acceptors (Lipinski definition) is 5. The van der Waals surface area contributed by atoms with Crippen LogP contribution in [0.15, 0.2) is 48.5 Å². The fraction of sp³-hybridized carbons (Fsp3) is 0.464. The molecule has 3 aromatic rings. The Hall–Kier alpha value is -3.03. The highest BCUT2D eigenvalue weighted by Crippen LogP contribution is 2.30. The lowest BCUT2D eigenvalue weighted by Crippen LogP contribution is -2.32. The van der Waals surface area contributed by atoms with E-state index in [1.807, 2.05) is 41.1 Å². The molecular weight excluding hydrogens is 442 g/mol. The van der Waals surface area contributed by atoms with Gasteiger partial charge in [-0.25, -0.2) is 14.5 Å². The fourth-order valence-electron chi connectivity index (χ4n) is 4.26. The lowest BCUT2D eigenvalue weighted by Gasteiger charge is -2.27. The topological polar surface area (TPSA) is 86.5 Å². The summed E-state index contributed by atoms with van der Waals surface area (Å²) in [6.45, 7) is 4.88. The standard InChI is InChI=1S/C28H37N3O4/c1-5-7-9-14-25-29-27(28(34-3,35-4)19-8-6-2)30-31(25)20-21-15-17-22(18-16-21)23-12-10-11-13-24(23)26(32)33/h10-13,15-18H,5-9,14,19-20H2,1-4H3,(H,32,33). The first kappa shape index (κ1) is 26.6. The molecule has 7 heteroatoms. The molecule has 3 rings (SSSR count). The third-order valence-corrected chi connectivity index (χ3v) is 6.37. The van der Waals surface area contributed by atoms with E-state index in [-0.39, 0.29) is 0 Å². The minimum Gasteiger partial charge on any atom is -0.478 e. The van der Waals surface area contributed by atoms with Gasteiger partial charge in [-0.1, -0.05) is 75.6 Å². The Labute approximate surface area is 208 Å². The van der Waals surface area contributed by atoms with E-state index < -0.39 is 11.8 Å². The van der Waals surface area contributed by atoms with E-state index in [1.54, 1.807) is 26.4 Å². The molecule has 0 aliphatic carbocycles. The normalized spacial score (nSPS) is 11.7. The highest BCUT2D eigenvalue weighted by atomic mass is 16.7. The Morgan fingerprint density at radius 3 is 2.29 bits per heavy atom. The summed E-state index contributed by atoms with van der Waals surface area (Å²) in [7, 11) is 3.29. The first-order chi connectivity index (χ1) is 17.0. The second-order valence-electron chi connectivity index (χ2n) is 8.78. The number of benzene rings is 2. The van der Waals surface area contributed by atoms with E-state index in [9.17, 15) is 9.90 Å². The Bertz CT molecular complexity index is 1090. The van der Waals surface area contributed by atoms with Crippen LogP contribution in [0.3, 0.4) is 0 Å². The Kier molecular flexibility index (Phi) is 9.57. The quantitative estimate of drug-likeness (QED) is 0.223. The number of hydrogen-bond donors (Lipinski definition) is 1. The molecule has 0 fully saturated rings. The van der Waals surface area contributed by atoms with Gasteiger partial charge in [0.05, 0.1) is 12.1 Å². The van der Waals surface area contributed by atoms with Gasteiger partial charge >= 0.3 is 5.97 Å². The number of nitrogens with zero attached hydrogens (tertiary/aromatic N) is 3. The average molecular weight is 480 g/mol. The van der Waals surface area contributed by atoms with Crippen molar-refractivity contribution in [3.05, 3.63) is 71.3 Å². The Morgan fingerprint density at radius 1 is 0.971 bits per heavy atom. The monoisotopic (exact) mass is 479 g/mol. The largest absolute Gasteiger partial charge is 0.478 e. The van der Waals surface area contributed by atoms with Crippen molar-refractivity contribution >= 4 is 5.97 Å². The number of carbonyl (C=O) groups is 1. The van der Waals surface area contributed by atoms with Crippen molar-refractivity contribution in [2.24, 2.45) is 0 Å². The van der Waals surface area contributed by atoms with E-state index in [0.717, 1.165) is 55.5 Å². The maximum absolute atomic E-state index is 11.6. The summed E-state index contributed by atoms with van der Waals surface area (Å²) in [5.74, 6) is -0.400. The van der Waals surface area contributed by atoms with Gasteiger partial charge in [0, 0.05) is 27.1 Å². The minimum absolute atomic E-state index is 0.293. The number of carboxylic acids is 1. The highest BCUT2D eigenvalue weighted by Gasteiger charge is 2.37. The van der Waals surface area contributed by atoms with Crippen LogP contribution < -0.4 is 0 Å². The van der Waals surface area contributed by atoms with Gasteiger partial charge in [0.25, 0.3) is 0 Å². The number of carboxylic acid groups (broad SMARTS) is 1. The van der Waals surface area contributed by atoms with Crippen LogP contribution in [0.2, 0.25) is 0 Å². The average Bonchev–Trinajstić information content (AvgIpc) is 3.28. The van der Waals surface area contributed by atoms with Crippen LogP contribution in [-0.4, -0.2) is 40.1 Å². The molecule has 1 aromatic heterocycles. The summed E-state index contributed by atoms with van der Waals surface area (Å²) in [5.41, 5.74) is 2.92. The number of aromatic nitrogens is 3. The Balaban J connectivity index is 1.90. The Morgan fingerprint density at radius 2 is 1.66 bits per heavy atom. The number of unbranched alkanes of at least 4 members (excludes halogenated alkanes) is 3. The molecule has 0 aliphatic heterocycles. The maximum atomic E-state index is 11.6. The molecule has 0 aliphatic rings. The molecule has 2 aromatic carbocycles. The van der Waals surface area contributed by atoms with E-state index in [0.29, 0.717) is 29.9 Å². The predicted molar refractivity (Wildman–Crippen MR) is 136 cm³/mol. The molecule has 0 atom stereocenters. The van der Waals surface area contributed by atoms with Gasteiger partial charge in [-0.05, 0) is 35.6 Å². The minimum atomic E-state index is -0.953. The maximum Gasteiger partial charge on any atom is 0.336 e. The second kappa shape index (κ2) is 12.6. The molecule has 0 saturated carbocycles. The third kappa shape index (κ3) is 6.35. The molecule has 0 radical (unpaired) electrons. The zero-order valence-corrected chi connectivity index (χ0v) is 21.3. The van der Waals surface area contributed by atoms with E-state index >= 15 is 0 Å². The third-order valence-electron chi connectivity index (χ3n) is 6.37. The van der Waals surface area contributed by atoms with Crippen LogP contribution in [0.5, 0.6) is 0 Å². The van der Waals surface area contributed by atoms with Crippen molar-refractivity contribution in [2.75, 3.05) is 14.2 Å². The van der Waals surface area contributed by atoms with Crippen molar-refractivity contribution in [1.82, 2.24) is 14.8 Å². The lowest BCUT2D eigenvalue weighted by molar-refractivity contribution is -0.226. The van der Waals surface area contributed by atoms with Crippen molar-refractivity contribution in [3.8, 4) is 11.1 Å². The zero-order chi connectivity index (χ0) is 25.3. The molecule has 0 saturated heterocycles. The van der Waals surface area contributed by atoms with Crippen LogP contribution >= 0.6 is 0 Å². The smallest absolute Gasteiger partial charge is 0.336 e. The van der Waals surface area contributed by atoms with E-state index in [1.165, 1.54) is 0 Å². The van der Waals surface area contributed by atoms with Crippen LogP contribution in [0.1, 0.15) is 79.9 Å². The van der Waals surface area contributed by atoms with Crippen LogP contribution in [0.25, 0.3) is 11.1 Å². The van der Waals surface area contributed by atoms with Gasteiger partial charge in [-0.2, -0.15) is 0 Å². The SMILES string of the molecule is CCCCCc1nc(C(CCCC)(OC)OC)nn1Cc1ccc(-c2ccccc2C(=O)O)cc1. The summed E-state index contributed by atoms with van der Waals surface area (Å²) in [4.78, 5) is 16.5. The number of rotatable bonds is 14. The summed E-state index contributed by atoms with van der Waals surface area (Å²) < 4.78 is 13.6. The highest BCUT2D eigenvalue weighted by molar-refractivity contribution is 5.95. The molecule has 35 heavy (non-hydrogen) atoms. The molecule has 7 nitrogen and oxygen atoms in total. The van der Waals surface area contributed by atoms with Gasteiger partial charge in [0.1, 0.15) is 5.82 Å². The number of aromatic carboxylic acids is 1. The summed E-state index contributed by atoms with van der Waals surface area (Å²) in [6, 6.07) is 15.0. The first-order valence-corrected chi connectivity index (χ1v) is 12.4. The van der Waals surface area contributed by atoms with Gasteiger partial charge in [0.2, 0.25) is 11.6 Å². The second-order valence-corrected chi connectivity index (χ2v) is 8.78. The van der Waals surface area contributed by atoms with E-state index in [2.05, 4.69) is 13.8 Å². The van der Waals surface area contributed by atoms with Gasteiger partial charge in [-0.15, -0.1) is 5.10 Å². The summed E-state index contributed by atoms with van der Waals surface area (Å²) in [5, 5.41) is 14.4. The van der Waals surface area contributed by atoms with Gasteiger partial charge < -0.3 is 14.6 Å². The number of ether oxygens (including phenoxy) is 2. The van der Waals surface area contributed by atoms with Crippen LogP contribution in [-0.2, 0) is 28.2 Å².